The maximum Gasteiger partial charge on any atom is 0.278 e. The molecule has 16 heavy (non-hydrogen) atoms. The Morgan fingerprint density at radius 1 is 1.31 bits per heavy atom. The molecule has 0 aromatic rings. The number of hydrogen-bond acceptors (Lipinski definition) is 3. The zero-order valence-electron chi connectivity index (χ0n) is 10.1. The van der Waals surface area contributed by atoms with Gasteiger partial charge in [0.15, 0.2) is 0 Å². The van der Waals surface area contributed by atoms with Gasteiger partial charge in [-0.05, 0) is 31.6 Å². The van der Waals surface area contributed by atoms with Crippen molar-refractivity contribution < 1.29 is 13.2 Å². The first kappa shape index (κ1) is 13.9. The van der Waals surface area contributed by atoms with E-state index in [1.807, 2.05) is 0 Å². The summed E-state index contributed by atoms with van der Waals surface area (Å²) in [6.07, 6.45) is 4.21. The minimum absolute atomic E-state index is 0.526. The van der Waals surface area contributed by atoms with Crippen molar-refractivity contribution >= 4 is 10.2 Å². The van der Waals surface area contributed by atoms with E-state index in [0.29, 0.717) is 12.5 Å². The van der Waals surface area contributed by atoms with Crippen LogP contribution in [-0.4, -0.2) is 46.6 Å². The van der Waals surface area contributed by atoms with E-state index in [9.17, 15) is 8.42 Å². The monoisotopic (exact) mass is 250 g/mol. The first-order valence-electron chi connectivity index (χ1n) is 5.77. The molecule has 1 aliphatic rings. The summed E-state index contributed by atoms with van der Waals surface area (Å²) >= 11 is 0. The molecular formula is C10H22N2O3S. The van der Waals surface area contributed by atoms with E-state index in [1.54, 1.807) is 0 Å². The number of nitrogens with zero attached hydrogens (tertiary/aromatic N) is 1. The van der Waals surface area contributed by atoms with Gasteiger partial charge in [0.2, 0.25) is 0 Å². The fraction of sp³-hybridized carbons (Fsp3) is 1.00. The van der Waals surface area contributed by atoms with Gasteiger partial charge in [-0.2, -0.15) is 12.7 Å². The Balaban J connectivity index is 2.11. The van der Waals surface area contributed by atoms with E-state index in [1.165, 1.54) is 18.4 Å². The summed E-state index contributed by atoms with van der Waals surface area (Å²) in [5.41, 5.74) is 0. The highest BCUT2D eigenvalue weighted by Crippen LogP contribution is 2.19. The van der Waals surface area contributed by atoms with E-state index < -0.39 is 10.2 Å². The molecule has 0 unspecified atom stereocenters. The second-order valence-corrected chi connectivity index (χ2v) is 6.35. The number of hydrogen-bond donors (Lipinski definition) is 1. The van der Waals surface area contributed by atoms with Crippen LogP contribution in [0, 0.1) is 5.92 Å². The largest absolute Gasteiger partial charge is 0.381 e. The molecule has 1 saturated heterocycles. The molecule has 0 spiro atoms. The van der Waals surface area contributed by atoms with Crippen LogP contribution in [0.2, 0.25) is 0 Å². The van der Waals surface area contributed by atoms with Crippen LogP contribution in [0.4, 0.5) is 0 Å². The van der Waals surface area contributed by atoms with E-state index in [0.717, 1.165) is 38.9 Å². The summed E-state index contributed by atoms with van der Waals surface area (Å²) in [4.78, 5) is 0. The lowest BCUT2D eigenvalue weighted by Gasteiger charge is -2.21. The summed E-state index contributed by atoms with van der Waals surface area (Å²) in [6, 6.07) is 0. The first-order chi connectivity index (χ1) is 7.52. The summed E-state index contributed by atoms with van der Waals surface area (Å²) in [7, 11) is -0.185. The second-order valence-electron chi connectivity index (χ2n) is 4.38. The molecule has 0 saturated carbocycles. The molecule has 1 N–H and O–H groups in total. The highest BCUT2D eigenvalue weighted by atomic mass is 32.2. The van der Waals surface area contributed by atoms with Crippen LogP contribution in [0.1, 0.15) is 25.7 Å². The van der Waals surface area contributed by atoms with E-state index in [2.05, 4.69) is 4.72 Å². The Morgan fingerprint density at radius 3 is 2.50 bits per heavy atom. The Morgan fingerprint density at radius 2 is 1.94 bits per heavy atom. The molecule has 0 aliphatic carbocycles. The maximum absolute atomic E-state index is 11.4. The minimum Gasteiger partial charge on any atom is -0.381 e. The van der Waals surface area contributed by atoms with Crippen LogP contribution in [0.25, 0.3) is 0 Å². The molecule has 6 heteroatoms. The van der Waals surface area contributed by atoms with Crippen LogP contribution in [-0.2, 0) is 14.9 Å². The normalized spacial score (nSPS) is 19.2. The topological polar surface area (TPSA) is 58.6 Å². The third-order valence-electron chi connectivity index (χ3n) is 2.90. The van der Waals surface area contributed by atoms with Gasteiger partial charge in [-0.3, -0.25) is 0 Å². The predicted octanol–water partition coefficient (Wildman–Crippen LogP) is 0.589. The van der Waals surface area contributed by atoms with Gasteiger partial charge in [0.05, 0.1) is 0 Å². The maximum atomic E-state index is 11.4. The molecule has 0 aromatic heterocycles. The summed E-state index contributed by atoms with van der Waals surface area (Å²) in [5.74, 6) is 0.706. The Bertz CT molecular complexity index is 284. The van der Waals surface area contributed by atoms with Crippen molar-refractivity contribution in [2.75, 3.05) is 33.9 Å². The quantitative estimate of drug-likeness (QED) is 0.702. The molecule has 1 heterocycles. The molecule has 1 rings (SSSR count). The molecule has 0 radical (unpaired) electrons. The summed E-state index contributed by atoms with van der Waals surface area (Å²) < 4.78 is 31.8. The van der Waals surface area contributed by atoms with Gasteiger partial charge in [-0.1, -0.05) is 0 Å². The van der Waals surface area contributed by atoms with Gasteiger partial charge in [0, 0.05) is 33.9 Å². The highest BCUT2D eigenvalue weighted by molar-refractivity contribution is 7.87. The van der Waals surface area contributed by atoms with Crippen molar-refractivity contribution in [3.8, 4) is 0 Å². The van der Waals surface area contributed by atoms with Gasteiger partial charge in [-0.25, -0.2) is 4.72 Å². The molecule has 1 aliphatic heterocycles. The number of nitrogens with one attached hydrogen (secondary N) is 1. The van der Waals surface area contributed by atoms with Crippen molar-refractivity contribution in [2.45, 2.75) is 25.7 Å². The summed E-state index contributed by atoms with van der Waals surface area (Å²) in [6.45, 7) is 2.24. The van der Waals surface area contributed by atoms with Gasteiger partial charge in [-0.15, -0.1) is 0 Å². The van der Waals surface area contributed by atoms with Gasteiger partial charge < -0.3 is 4.74 Å². The van der Waals surface area contributed by atoms with Gasteiger partial charge in [0.1, 0.15) is 0 Å². The number of rotatable bonds is 6. The fourth-order valence-electron chi connectivity index (χ4n) is 1.76. The zero-order chi connectivity index (χ0) is 12.0. The van der Waals surface area contributed by atoms with Gasteiger partial charge >= 0.3 is 0 Å². The Hall–Kier alpha value is -0.170. The molecule has 0 bridgehead atoms. The summed E-state index contributed by atoms with van der Waals surface area (Å²) in [5, 5.41) is 0. The van der Waals surface area contributed by atoms with Gasteiger partial charge in [0.25, 0.3) is 10.2 Å². The molecular weight excluding hydrogens is 228 g/mol. The molecule has 0 amide bonds. The van der Waals surface area contributed by atoms with Crippen LogP contribution in [0.5, 0.6) is 0 Å². The second kappa shape index (κ2) is 6.54. The standard InChI is InChI=1S/C10H22N2O3S/c1-12(2)16(13,14)11-7-3-4-10-5-8-15-9-6-10/h10-11H,3-9H2,1-2H3. The third-order valence-corrected chi connectivity index (χ3v) is 4.43. The lowest BCUT2D eigenvalue weighted by molar-refractivity contribution is 0.0634. The molecule has 96 valence electrons. The smallest absolute Gasteiger partial charge is 0.278 e. The van der Waals surface area contributed by atoms with Crippen LogP contribution in [0.3, 0.4) is 0 Å². The predicted molar refractivity (Wildman–Crippen MR) is 63.4 cm³/mol. The van der Waals surface area contributed by atoms with E-state index in [4.69, 9.17) is 4.74 Å². The van der Waals surface area contributed by atoms with Crippen molar-refractivity contribution in [1.82, 2.24) is 9.03 Å². The van der Waals surface area contributed by atoms with E-state index >= 15 is 0 Å². The van der Waals surface area contributed by atoms with Crippen LogP contribution in [0.15, 0.2) is 0 Å². The van der Waals surface area contributed by atoms with Crippen molar-refractivity contribution in [3.63, 3.8) is 0 Å². The Labute approximate surface area is 98.3 Å². The average molecular weight is 250 g/mol. The van der Waals surface area contributed by atoms with Crippen LogP contribution < -0.4 is 4.72 Å². The molecule has 1 fully saturated rings. The number of ether oxygens (including phenoxy) is 1. The Kier molecular flexibility index (Phi) is 5.68. The van der Waals surface area contributed by atoms with Crippen molar-refractivity contribution in [2.24, 2.45) is 5.92 Å². The van der Waals surface area contributed by atoms with E-state index in [-0.39, 0.29) is 0 Å². The van der Waals surface area contributed by atoms with Crippen molar-refractivity contribution in [1.29, 1.82) is 0 Å². The SMILES string of the molecule is CN(C)S(=O)(=O)NCCCC1CCOCC1. The lowest BCUT2D eigenvalue weighted by atomic mass is 9.95. The highest BCUT2D eigenvalue weighted by Gasteiger charge is 2.15. The molecule has 5 nitrogen and oxygen atoms in total. The minimum atomic E-state index is -3.24. The van der Waals surface area contributed by atoms with Crippen LogP contribution >= 0.6 is 0 Å². The zero-order valence-corrected chi connectivity index (χ0v) is 10.9. The molecule has 0 atom stereocenters. The lowest BCUT2D eigenvalue weighted by Crippen LogP contribution is -2.36. The average Bonchev–Trinajstić information content (AvgIpc) is 2.26. The molecule has 0 aromatic carbocycles. The third kappa shape index (κ3) is 4.78. The fourth-order valence-corrected chi connectivity index (χ4v) is 2.42. The first-order valence-corrected chi connectivity index (χ1v) is 7.21. The van der Waals surface area contributed by atoms with Crippen molar-refractivity contribution in [3.05, 3.63) is 0 Å².